The molecule has 2 heterocycles. The van der Waals surface area contributed by atoms with Gasteiger partial charge in [-0.25, -0.2) is 0 Å². The second-order valence-electron chi connectivity index (χ2n) is 7.37. The summed E-state index contributed by atoms with van der Waals surface area (Å²) in [5.41, 5.74) is 3.40. The van der Waals surface area contributed by atoms with Crippen LogP contribution in [0.25, 0.3) is 0 Å². The summed E-state index contributed by atoms with van der Waals surface area (Å²) in [5.74, 6) is -0.211. The monoisotopic (exact) mass is 396 g/mol. The molecule has 0 N–H and O–H groups in total. The number of nitrogens with zero attached hydrogens (tertiary/aromatic N) is 2. The Morgan fingerprint density at radius 2 is 1.54 bits per heavy atom. The molecule has 2 aromatic carbocycles. The Morgan fingerprint density at radius 1 is 1.00 bits per heavy atom. The number of rotatable bonds is 4. The topological polar surface area (TPSA) is 44.1 Å². The smallest absolute Gasteiger partial charge is 0.321 e. The van der Waals surface area contributed by atoms with Gasteiger partial charge in [0.25, 0.3) is 0 Å². The highest BCUT2D eigenvalue weighted by Gasteiger charge is 2.57. The molecule has 4 nitrogen and oxygen atoms in total. The molecule has 4 rings (SSSR count). The molecule has 0 bridgehead atoms. The van der Waals surface area contributed by atoms with Crippen molar-refractivity contribution in [1.29, 1.82) is 0 Å². The summed E-state index contributed by atoms with van der Waals surface area (Å²) in [6.45, 7) is 6.77. The lowest BCUT2D eigenvalue weighted by atomic mass is 9.66. The highest BCUT2D eigenvalue weighted by atomic mass is 35.5. The molecular formula is C23H25ClN2O2. The average molecular weight is 397 g/mol. The van der Waals surface area contributed by atoms with Crippen molar-refractivity contribution in [1.82, 2.24) is 9.78 Å². The molecule has 28 heavy (non-hydrogen) atoms. The number of carbonyl (C=O) groups excluding carboxylic acids is 1. The number of cyclic esters (lactones) is 1. The first kappa shape index (κ1) is 20.2. The third kappa shape index (κ3) is 3.02. The summed E-state index contributed by atoms with van der Waals surface area (Å²) in [7, 11) is 0. The van der Waals surface area contributed by atoms with Crippen molar-refractivity contribution in [3.63, 3.8) is 0 Å². The molecule has 0 amide bonds. The lowest BCUT2D eigenvalue weighted by molar-refractivity contribution is -0.145. The molecule has 0 saturated carbocycles. The van der Waals surface area contributed by atoms with Crippen LogP contribution in [-0.2, 0) is 21.5 Å². The molecule has 3 aromatic rings. The summed E-state index contributed by atoms with van der Waals surface area (Å²) in [6, 6.07) is 20.0. The number of benzene rings is 2. The van der Waals surface area contributed by atoms with Crippen molar-refractivity contribution >= 4 is 18.4 Å². The van der Waals surface area contributed by atoms with E-state index in [4.69, 9.17) is 4.74 Å². The lowest BCUT2D eigenvalue weighted by Gasteiger charge is -2.31. The fraction of sp³-hybridized carbons (Fsp3) is 0.304. The summed E-state index contributed by atoms with van der Waals surface area (Å²) >= 11 is 0. The zero-order chi connectivity index (χ0) is 19.0. The van der Waals surface area contributed by atoms with E-state index in [2.05, 4.69) is 12.0 Å². The maximum atomic E-state index is 13.3. The molecule has 1 fully saturated rings. The largest absolute Gasteiger partial charge is 0.459 e. The van der Waals surface area contributed by atoms with Crippen LogP contribution in [0, 0.1) is 19.8 Å². The minimum absolute atomic E-state index is 0. The molecule has 1 aromatic heterocycles. The van der Waals surface area contributed by atoms with Crippen LogP contribution in [-0.4, -0.2) is 21.9 Å². The minimum atomic E-state index is -0.802. The van der Waals surface area contributed by atoms with E-state index in [0.717, 1.165) is 22.4 Å². The van der Waals surface area contributed by atoms with Gasteiger partial charge in [-0.3, -0.25) is 9.48 Å². The number of hydrogen-bond acceptors (Lipinski definition) is 3. The Labute approximate surface area is 171 Å². The second-order valence-corrected chi connectivity index (χ2v) is 7.37. The molecular weight excluding hydrogens is 372 g/mol. The normalized spacial score (nSPS) is 20.5. The van der Waals surface area contributed by atoms with Crippen molar-refractivity contribution in [2.45, 2.75) is 38.8 Å². The van der Waals surface area contributed by atoms with Crippen LogP contribution in [0.4, 0.5) is 0 Å². The molecule has 146 valence electrons. The van der Waals surface area contributed by atoms with Gasteiger partial charge in [-0.2, -0.15) is 5.10 Å². The van der Waals surface area contributed by atoms with Crippen molar-refractivity contribution < 1.29 is 9.53 Å². The van der Waals surface area contributed by atoms with Gasteiger partial charge in [-0.15, -0.1) is 12.4 Å². The van der Waals surface area contributed by atoms with Crippen LogP contribution < -0.4 is 0 Å². The Hall–Kier alpha value is -2.59. The van der Waals surface area contributed by atoms with Gasteiger partial charge >= 0.3 is 5.97 Å². The summed E-state index contributed by atoms with van der Waals surface area (Å²) in [5, 5.41) is 4.46. The summed E-state index contributed by atoms with van der Waals surface area (Å²) in [4.78, 5) is 13.3. The number of halogens is 1. The number of aromatic nitrogens is 2. The van der Waals surface area contributed by atoms with Gasteiger partial charge in [-0.05, 0) is 30.5 Å². The molecule has 0 aliphatic carbocycles. The Kier molecular flexibility index (Phi) is 5.61. The van der Waals surface area contributed by atoms with E-state index >= 15 is 0 Å². The van der Waals surface area contributed by atoms with Crippen LogP contribution in [0.15, 0.2) is 66.9 Å². The second kappa shape index (κ2) is 7.80. The molecule has 0 radical (unpaired) electrons. The average Bonchev–Trinajstić information content (AvgIpc) is 3.14. The van der Waals surface area contributed by atoms with Crippen molar-refractivity contribution in [3.05, 3.63) is 89.2 Å². The minimum Gasteiger partial charge on any atom is -0.459 e. The first-order valence-electron chi connectivity index (χ1n) is 9.36. The van der Waals surface area contributed by atoms with Crippen LogP contribution in [0.3, 0.4) is 0 Å². The van der Waals surface area contributed by atoms with Gasteiger partial charge in [0, 0.05) is 11.6 Å². The SMILES string of the molecule is Cc1cnn(CC2OC(=O)C(c3ccccc3)(c3ccccc3)C2C)c1C.Cl. The van der Waals surface area contributed by atoms with Crippen molar-refractivity contribution in [3.8, 4) is 0 Å². The summed E-state index contributed by atoms with van der Waals surface area (Å²) in [6.07, 6.45) is 1.62. The predicted octanol–water partition coefficient (Wildman–Crippen LogP) is 4.47. The van der Waals surface area contributed by atoms with Gasteiger partial charge in [0.1, 0.15) is 11.5 Å². The third-order valence-corrected chi connectivity index (χ3v) is 5.98. The molecule has 0 spiro atoms. The van der Waals surface area contributed by atoms with Crippen LogP contribution in [0.2, 0.25) is 0 Å². The van der Waals surface area contributed by atoms with E-state index in [9.17, 15) is 4.79 Å². The van der Waals surface area contributed by atoms with E-state index in [0.29, 0.717) is 6.54 Å². The quantitative estimate of drug-likeness (QED) is 0.611. The van der Waals surface area contributed by atoms with E-state index < -0.39 is 5.41 Å². The van der Waals surface area contributed by atoms with E-state index in [1.54, 1.807) is 0 Å². The van der Waals surface area contributed by atoms with Gasteiger partial charge in [-0.1, -0.05) is 67.6 Å². The van der Waals surface area contributed by atoms with Gasteiger partial charge in [0.05, 0.1) is 12.7 Å². The highest BCUT2D eigenvalue weighted by Crippen LogP contribution is 2.47. The first-order valence-corrected chi connectivity index (χ1v) is 9.36. The van der Waals surface area contributed by atoms with Crippen LogP contribution in [0.1, 0.15) is 29.3 Å². The molecule has 5 heteroatoms. The lowest BCUT2D eigenvalue weighted by Crippen LogP contribution is -2.39. The third-order valence-electron chi connectivity index (χ3n) is 5.98. The van der Waals surface area contributed by atoms with Crippen molar-refractivity contribution in [2.75, 3.05) is 0 Å². The molecule has 2 atom stereocenters. The maximum absolute atomic E-state index is 13.3. The zero-order valence-corrected chi connectivity index (χ0v) is 17.1. The fourth-order valence-electron chi connectivity index (χ4n) is 4.22. The number of hydrogen-bond donors (Lipinski definition) is 0. The Morgan fingerprint density at radius 3 is 2.00 bits per heavy atom. The molecule has 2 unspecified atom stereocenters. The van der Waals surface area contributed by atoms with Crippen LogP contribution >= 0.6 is 12.4 Å². The zero-order valence-electron chi connectivity index (χ0n) is 16.3. The predicted molar refractivity (Wildman–Crippen MR) is 112 cm³/mol. The molecule has 1 saturated heterocycles. The number of ether oxygens (including phenoxy) is 1. The van der Waals surface area contributed by atoms with Gasteiger partial charge in [0.15, 0.2) is 0 Å². The highest BCUT2D eigenvalue weighted by molar-refractivity contribution is 5.90. The van der Waals surface area contributed by atoms with E-state index in [-0.39, 0.29) is 30.4 Å². The van der Waals surface area contributed by atoms with Crippen molar-refractivity contribution in [2.24, 2.45) is 5.92 Å². The maximum Gasteiger partial charge on any atom is 0.321 e. The Balaban J connectivity index is 0.00000225. The summed E-state index contributed by atoms with van der Waals surface area (Å²) < 4.78 is 7.91. The Bertz CT molecular complexity index is 914. The molecule has 1 aliphatic heterocycles. The van der Waals surface area contributed by atoms with Gasteiger partial charge in [0.2, 0.25) is 0 Å². The standard InChI is InChI=1S/C23H24N2O2.ClH/c1-16-14-24-25(18(16)3)15-21-17(2)23(22(26)27-21,19-10-6-4-7-11-19)20-12-8-5-9-13-20;/h4-14,17,21H,15H2,1-3H3;1H. The fourth-order valence-corrected chi connectivity index (χ4v) is 4.22. The first-order chi connectivity index (χ1) is 13.0. The number of aryl methyl sites for hydroxylation is 1. The van der Waals surface area contributed by atoms with Crippen LogP contribution in [0.5, 0.6) is 0 Å². The number of esters is 1. The number of carbonyl (C=O) groups is 1. The van der Waals surface area contributed by atoms with E-state index in [1.165, 1.54) is 0 Å². The van der Waals surface area contributed by atoms with Gasteiger partial charge < -0.3 is 4.74 Å². The van der Waals surface area contributed by atoms with E-state index in [1.807, 2.05) is 85.4 Å². The molecule has 1 aliphatic rings.